The Labute approximate surface area is 134 Å². The lowest BCUT2D eigenvalue weighted by Gasteiger charge is -2.36. The summed E-state index contributed by atoms with van der Waals surface area (Å²) in [7, 11) is 3.94. The largest absolute Gasteiger partial charge is 0.378 e. The van der Waals surface area contributed by atoms with Gasteiger partial charge in [0.25, 0.3) is 0 Å². The van der Waals surface area contributed by atoms with Gasteiger partial charge in [-0.1, -0.05) is 29.8 Å². The molecular formula is C18H28N2O2. The molecule has 1 aromatic rings. The highest BCUT2D eigenvalue weighted by Crippen LogP contribution is 2.24. The lowest BCUT2D eigenvalue weighted by atomic mass is 10.0. The molecule has 1 saturated heterocycles. The molecule has 1 atom stereocenters. The highest BCUT2D eigenvalue weighted by Gasteiger charge is 2.30. The second-order valence-electron chi connectivity index (χ2n) is 6.26. The zero-order valence-electron chi connectivity index (χ0n) is 14.2. The molecule has 122 valence electrons. The van der Waals surface area contributed by atoms with Crippen molar-refractivity contribution in [2.75, 3.05) is 33.8 Å². The highest BCUT2D eigenvalue weighted by molar-refractivity contribution is 5.83. The fourth-order valence-electron chi connectivity index (χ4n) is 3.06. The highest BCUT2D eigenvalue weighted by atomic mass is 16.5. The van der Waals surface area contributed by atoms with Crippen molar-refractivity contribution in [1.82, 2.24) is 9.80 Å². The molecular weight excluding hydrogens is 276 g/mol. The van der Waals surface area contributed by atoms with E-state index in [4.69, 9.17) is 4.74 Å². The Bertz CT molecular complexity index is 476. The first-order valence-electron chi connectivity index (χ1n) is 8.16. The van der Waals surface area contributed by atoms with Crippen LogP contribution >= 0.6 is 0 Å². The summed E-state index contributed by atoms with van der Waals surface area (Å²) >= 11 is 0. The molecule has 2 rings (SSSR count). The number of likely N-dealkylation sites (N-methyl/N-ethyl adjacent to an activating group) is 1. The number of hydrogen-bond acceptors (Lipinski definition) is 3. The maximum absolute atomic E-state index is 12.9. The van der Waals surface area contributed by atoms with Crippen LogP contribution in [0.15, 0.2) is 24.3 Å². The van der Waals surface area contributed by atoms with E-state index in [0.717, 1.165) is 38.1 Å². The van der Waals surface area contributed by atoms with Gasteiger partial charge in [-0.15, -0.1) is 0 Å². The Hall–Kier alpha value is -1.39. The SMILES string of the molecule is CCOC1CCN(C(=O)[C@@H](c2ccc(C)cc2)N(C)C)CC1. The van der Waals surface area contributed by atoms with Crippen molar-refractivity contribution >= 4 is 5.91 Å². The van der Waals surface area contributed by atoms with Crippen molar-refractivity contribution in [1.29, 1.82) is 0 Å². The molecule has 0 saturated carbocycles. The van der Waals surface area contributed by atoms with E-state index < -0.39 is 0 Å². The second kappa shape index (κ2) is 7.75. The first-order valence-corrected chi connectivity index (χ1v) is 8.16. The van der Waals surface area contributed by atoms with Crippen molar-refractivity contribution in [3.63, 3.8) is 0 Å². The van der Waals surface area contributed by atoms with E-state index in [1.165, 1.54) is 5.56 Å². The van der Waals surface area contributed by atoms with E-state index in [1.54, 1.807) is 0 Å². The Morgan fingerprint density at radius 1 is 1.27 bits per heavy atom. The second-order valence-corrected chi connectivity index (χ2v) is 6.26. The quantitative estimate of drug-likeness (QED) is 0.838. The smallest absolute Gasteiger partial charge is 0.244 e. The van der Waals surface area contributed by atoms with E-state index in [9.17, 15) is 4.79 Å². The molecule has 0 aromatic heterocycles. The number of carbonyl (C=O) groups is 1. The first-order chi connectivity index (χ1) is 10.5. The van der Waals surface area contributed by atoms with Crippen LogP contribution in [0.5, 0.6) is 0 Å². The average Bonchev–Trinajstić information content (AvgIpc) is 2.50. The molecule has 1 aliphatic heterocycles. The minimum Gasteiger partial charge on any atom is -0.378 e. The van der Waals surface area contributed by atoms with E-state index >= 15 is 0 Å². The molecule has 0 spiro atoms. The fourth-order valence-corrected chi connectivity index (χ4v) is 3.06. The molecule has 1 aliphatic rings. The number of likely N-dealkylation sites (tertiary alicyclic amines) is 1. The van der Waals surface area contributed by atoms with E-state index in [-0.39, 0.29) is 11.9 Å². The predicted molar refractivity (Wildman–Crippen MR) is 88.8 cm³/mol. The van der Waals surface area contributed by atoms with Crippen LogP contribution in [0.2, 0.25) is 0 Å². The first kappa shape index (κ1) is 17.0. The van der Waals surface area contributed by atoms with Crippen molar-refractivity contribution in [2.24, 2.45) is 0 Å². The lowest BCUT2D eigenvalue weighted by molar-refractivity contribution is -0.139. The maximum Gasteiger partial charge on any atom is 0.244 e. The van der Waals surface area contributed by atoms with Gasteiger partial charge in [0.15, 0.2) is 0 Å². The van der Waals surface area contributed by atoms with Gasteiger partial charge in [-0.25, -0.2) is 0 Å². The van der Waals surface area contributed by atoms with Gasteiger partial charge >= 0.3 is 0 Å². The third-order valence-electron chi connectivity index (χ3n) is 4.30. The predicted octanol–water partition coefficient (Wildman–Crippen LogP) is 2.63. The number of aryl methyl sites for hydroxylation is 1. The lowest BCUT2D eigenvalue weighted by Crippen LogP contribution is -2.45. The summed E-state index contributed by atoms with van der Waals surface area (Å²) < 4.78 is 5.67. The normalized spacial score (nSPS) is 17.8. The zero-order chi connectivity index (χ0) is 16.1. The van der Waals surface area contributed by atoms with Gasteiger partial charge in [-0.3, -0.25) is 9.69 Å². The number of nitrogens with zero attached hydrogens (tertiary/aromatic N) is 2. The molecule has 0 bridgehead atoms. The summed E-state index contributed by atoms with van der Waals surface area (Å²) in [5, 5.41) is 0. The van der Waals surface area contributed by atoms with Crippen LogP contribution in [0.4, 0.5) is 0 Å². The van der Waals surface area contributed by atoms with Gasteiger partial charge in [0, 0.05) is 19.7 Å². The Morgan fingerprint density at radius 2 is 1.86 bits per heavy atom. The number of rotatable bonds is 5. The zero-order valence-corrected chi connectivity index (χ0v) is 14.2. The van der Waals surface area contributed by atoms with Gasteiger partial charge in [-0.2, -0.15) is 0 Å². The molecule has 1 fully saturated rings. The maximum atomic E-state index is 12.9. The molecule has 0 N–H and O–H groups in total. The third kappa shape index (κ3) is 4.08. The third-order valence-corrected chi connectivity index (χ3v) is 4.30. The van der Waals surface area contributed by atoms with Crippen molar-refractivity contribution in [2.45, 2.75) is 38.8 Å². The summed E-state index contributed by atoms with van der Waals surface area (Å²) in [6.45, 7) is 6.42. The number of piperidine rings is 1. The molecule has 0 unspecified atom stereocenters. The van der Waals surface area contributed by atoms with Gasteiger partial charge < -0.3 is 9.64 Å². The van der Waals surface area contributed by atoms with Crippen LogP contribution < -0.4 is 0 Å². The van der Waals surface area contributed by atoms with Crippen LogP contribution in [-0.2, 0) is 9.53 Å². The van der Waals surface area contributed by atoms with Crippen LogP contribution in [0, 0.1) is 6.92 Å². The summed E-state index contributed by atoms with van der Waals surface area (Å²) in [6, 6.07) is 8.06. The van der Waals surface area contributed by atoms with Crippen LogP contribution in [0.1, 0.15) is 36.9 Å². The molecule has 0 radical (unpaired) electrons. The molecule has 1 amide bonds. The van der Waals surface area contributed by atoms with E-state index in [2.05, 4.69) is 31.2 Å². The molecule has 1 heterocycles. The summed E-state index contributed by atoms with van der Waals surface area (Å²) in [4.78, 5) is 16.9. The van der Waals surface area contributed by atoms with Crippen LogP contribution in [0.3, 0.4) is 0 Å². The average molecular weight is 304 g/mol. The molecule has 4 nitrogen and oxygen atoms in total. The minimum atomic E-state index is -0.204. The van der Waals surface area contributed by atoms with Gasteiger partial charge in [-0.05, 0) is 46.3 Å². The topological polar surface area (TPSA) is 32.8 Å². The number of benzene rings is 1. The van der Waals surface area contributed by atoms with E-state index in [0.29, 0.717) is 6.10 Å². The molecule has 4 heteroatoms. The van der Waals surface area contributed by atoms with Gasteiger partial charge in [0.2, 0.25) is 5.91 Å². The van der Waals surface area contributed by atoms with Crippen molar-refractivity contribution in [3.8, 4) is 0 Å². The van der Waals surface area contributed by atoms with Gasteiger partial charge in [0.1, 0.15) is 6.04 Å². The number of amides is 1. The molecule has 1 aromatic carbocycles. The molecule has 0 aliphatic carbocycles. The van der Waals surface area contributed by atoms with Crippen LogP contribution in [0.25, 0.3) is 0 Å². The van der Waals surface area contributed by atoms with Crippen molar-refractivity contribution < 1.29 is 9.53 Å². The Morgan fingerprint density at radius 3 is 2.36 bits per heavy atom. The Kier molecular flexibility index (Phi) is 5.98. The molecule has 22 heavy (non-hydrogen) atoms. The van der Waals surface area contributed by atoms with Crippen LogP contribution in [-0.4, -0.2) is 55.6 Å². The van der Waals surface area contributed by atoms with E-state index in [1.807, 2.05) is 30.8 Å². The van der Waals surface area contributed by atoms with Crippen molar-refractivity contribution in [3.05, 3.63) is 35.4 Å². The number of carbonyl (C=O) groups excluding carboxylic acids is 1. The minimum absolute atomic E-state index is 0.198. The number of ether oxygens (including phenoxy) is 1. The summed E-state index contributed by atoms with van der Waals surface area (Å²) in [6.07, 6.45) is 2.19. The standard InChI is InChI=1S/C18H28N2O2/c1-5-22-16-10-12-20(13-11-16)18(21)17(19(3)4)15-8-6-14(2)7-9-15/h6-9,16-17H,5,10-13H2,1-4H3/t17-/m1/s1. The monoisotopic (exact) mass is 304 g/mol. The number of hydrogen-bond donors (Lipinski definition) is 0. The van der Waals surface area contributed by atoms with Gasteiger partial charge in [0.05, 0.1) is 6.10 Å². The summed E-state index contributed by atoms with van der Waals surface area (Å²) in [5.41, 5.74) is 2.28. The summed E-state index contributed by atoms with van der Waals surface area (Å²) in [5.74, 6) is 0.198. The fraction of sp³-hybridized carbons (Fsp3) is 0.611. The Balaban J connectivity index is 2.06.